The Morgan fingerprint density at radius 2 is 2.04 bits per heavy atom. The molecule has 0 amide bonds. The Morgan fingerprint density at radius 3 is 2.87 bits per heavy atom. The number of halogens is 2. The van der Waals surface area contributed by atoms with Crippen LogP contribution in [0, 0.1) is 12.7 Å². The molecule has 0 N–H and O–H groups in total. The number of fused-ring (bicyclic) bond motifs is 3. The van der Waals surface area contributed by atoms with Gasteiger partial charge in [-0.1, -0.05) is 11.6 Å². The lowest BCUT2D eigenvalue weighted by Gasteiger charge is -2.12. The lowest BCUT2D eigenvalue weighted by atomic mass is 9.97. The second-order valence-corrected chi connectivity index (χ2v) is 7.14. The van der Waals surface area contributed by atoms with Gasteiger partial charge in [-0.2, -0.15) is 4.98 Å². The van der Waals surface area contributed by atoms with Gasteiger partial charge in [0, 0.05) is 10.9 Å². The van der Waals surface area contributed by atoms with Crippen LogP contribution < -0.4 is 4.74 Å². The maximum atomic E-state index is 13.3. The minimum atomic E-state index is -0.462. The van der Waals surface area contributed by atoms with Crippen LogP contribution in [0.5, 0.6) is 11.6 Å². The van der Waals surface area contributed by atoms with Crippen molar-refractivity contribution < 1.29 is 9.13 Å². The van der Waals surface area contributed by atoms with Gasteiger partial charge in [0.25, 0.3) is 0 Å². The van der Waals surface area contributed by atoms with Crippen molar-refractivity contribution in [3.63, 3.8) is 0 Å². The fraction of sp³-hybridized carbons (Fsp3) is 0.294. The number of thiophene rings is 1. The fourth-order valence-electron chi connectivity index (χ4n) is 2.95. The molecular formula is C17H14ClFN2OS. The molecule has 0 aliphatic heterocycles. The molecule has 0 spiro atoms. The Kier molecular flexibility index (Phi) is 3.70. The van der Waals surface area contributed by atoms with Crippen LogP contribution in [0.15, 0.2) is 18.2 Å². The van der Waals surface area contributed by atoms with Gasteiger partial charge in [-0.25, -0.2) is 9.37 Å². The summed E-state index contributed by atoms with van der Waals surface area (Å²) < 4.78 is 19.3. The van der Waals surface area contributed by atoms with Gasteiger partial charge in [-0.05, 0) is 50.3 Å². The van der Waals surface area contributed by atoms with Crippen molar-refractivity contribution >= 4 is 33.2 Å². The molecule has 0 atom stereocenters. The molecule has 1 aliphatic rings. The van der Waals surface area contributed by atoms with Gasteiger partial charge >= 0.3 is 0 Å². The molecule has 1 aromatic carbocycles. The third-order valence-electron chi connectivity index (χ3n) is 4.00. The number of hydrogen-bond donors (Lipinski definition) is 0. The van der Waals surface area contributed by atoms with Crippen molar-refractivity contribution in [3.05, 3.63) is 45.3 Å². The molecule has 3 aromatic rings. The maximum Gasteiger partial charge on any atom is 0.231 e. The standard InChI is InChI=1S/C17H14ClFN2OS/c1-9-20-16(22-10-6-7-13(19)12(18)8-10)15-11-4-2-3-5-14(11)23-17(15)21-9/h6-8H,2-5H2,1H3. The molecule has 0 fully saturated rings. The number of ether oxygens (including phenoxy) is 1. The van der Waals surface area contributed by atoms with Crippen LogP contribution in [0.1, 0.15) is 29.1 Å². The summed E-state index contributed by atoms with van der Waals surface area (Å²) in [5, 5.41) is 1.03. The van der Waals surface area contributed by atoms with E-state index in [1.54, 1.807) is 17.4 Å². The normalized spacial score (nSPS) is 14.0. The van der Waals surface area contributed by atoms with E-state index in [2.05, 4.69) is 9.97 Å². The van der Waals surface area contributed by atoms with Crippen LogP contribution in [0.4, 0.5) is 4.39 Å². The molecule has 118 valence electrons. The van der Waals surface area contributed by atoms with E-state index in [9.17, 15) is 4.39 Å². The van der Waals surface area contributed by atoms with Crippen molar-refractivity contribution in [2.45, 2.75) is 32.6 Å². The summed E-state index contributed by atoms with van der Waals surface area (Å²) in [6, 6.07) is 4.33. The van der Waals surface area contributed by atoms with Crippen LogP contribution in [0.25, 0.3) is 10.2 Å². The van der Waals surface area contributed by atoms with Gasteiger partial charge in [-0.3, -0.25) is 0 Å². The number of aryl methyl sites for hydroxylation is 3. The van der Waals surface area contributed by atoms with Crippen molar-refractivity contribution in [3.8, 4) is 11.6 Å². The van der Waals surface area contributed by atoms with Gasteiger partial charge in [0.1, 0.15) is 22.2 Å². The molecule has 6 heteroatoms. The summed E-state index contributed by atoms with van der Waals surface area (Å²) in [4.78, 5) is 11.4. The molecule has 1 aliphatic carbocycles. The quantitative estimate of drug-likeness (QED) is 0.616. The molecule has 0 saturated heterocycles. The monoisotopic (exact) mass is 348 g/mol. The summed E-state index contributed by atoms with van der Waals surface area (Å²) in [5.41, 5.74) is 1.31. The van der Waals surface area contributed by atoms with Crippen LogP contribution in [-0.4, -0.2) is 9.97 Å². The Hall–Kier alpha value is -1.72. The van der Waals surface area contributed by atoms with Gasteiger partial charge in [0.05, 0.1) is 10.4 Å². The first kappa shape index (κ1) is 14.8. The Labute approximate surface area is 142 Å². The van der Waals surface area contributed by atoms with Crippen LogP contribution in [0.3, 0.4) is 0 Å². The first-order valence-electron chi connectivity index (χ1n) is 7.53. The average Bonchev–Trinajstić information content (AvgIpc) is 2.89. The van der Waals surface area contributed by atoms with E-state index >= 15 is 0 Å². The highest BCUT2D eigenvalue weighted by molar-refractivity contribution is 7.18. The summed E-state index contributed by atoms with van der Waals surface area (Å²) in [6.45, 7) is 1.85. The lowest BCUT2D eigenvalue weighted by Crippen LogP contribution is -2.00. The lowest BCUT2D eigenvalue weighted by molar-refractivity contribution is 0.464. The van der Waals surface area contributed by atoms with Crippen molar-refractivity contribution in [1.29, 1.82) is 0 Å². The topological polar surface area (TPSA) is 35.0 Å². The van der Waals surface area contributed by atoms with E-state index in [4.69, 9.17) is 16.3 Å². The smallest absolute Gasteiger partial charge is 0.231 e. The number of rotatable bonds is 2. The SMILES string of the molecule is Cc1nc(Oc2ccc(F)c(Cl)c2)c2c3c(sc2n1)CCCC3. The predicted octanol–water partition coefficient (Wildman–Crippen LogP) is 5.46. The highest BCUT2D eigenvalue weighted by atomic mass is 35.5. The molecule has 0 bridgehead atoms. The number of hydrogen-bond acceptors (Lipinski definition) is 4. The zero-order chi connectivity index (χ0) is 16.0. The Bertz CT molecular complexity index is 909. The molecule has 2 heterocycles. The van der Waals surface area contributed by atoms with Gasteiger partial charge < -0.3 is 4.74 Å². The van der Waals surface area contributed by atoms with E-state index in [0.29, 0.717) is 17.5 Å². The summed E-state index contributed by atoms with van der Waals surface area (Å²) in [7, 11) is 0. The molecule has 3 nitrogen and oxygen atoms in total. The van der Waals surface area contributed by atoms with E-state index < -0.39 is 5.82 Å². The fourth-order valence-corrected chi connectivity index (χ4v) is 4.42. The molecule has 0 saturated carbocycles. The Balaban J connectivity index is 1.85. The second-order valence-electron chi connectivity index (χ2n) is 5.65. The van der Waals surface area contributed by atoms with Crippen molar-refractivity contribution in [2.24, 2.45) is 0 Å². The molecule has 2 aromatic heterocycles. The maximum absolute atomic E-state index is 13.3. The summed E-state index contributed by atoms with van der Waals surface area (Å²) >= 11 is 7.57. The second kappa shape index (κ2) is 5.73. The van der Waals surface area contributed by atoms with Gasteiger partial charge in [-0.15, -0.1) is 11.3 Å². The highest BCUT2D eigenvalue weighted by Crippen LogP contribution is 2.40. The van der Waals surface area contributed by atoms with E-state index in [1.165, 1.54) is 35.4 Å². The third kappa shape index (κ3) is 2.68. The van der Waals surface area contributed by atoms with Crippen LogP contribution in [0.2, 0.25) is 5.02 Å². The van der Waals surface area contributed by atoms with Crippen LogP contribution in [-0.2, 0) is 12.8 Å². The molecule has 4 rings (SSSR count). The van der Waals surface area contributed by atoms with E-state index in [1.807, 2.05) is 6.92 Å². The van der Waals surface area contributed by atoms with E-state index in [-0.39, 0.29) is 5.02 Å². The summed E-state index contributed by atoms with van der Waals surface area (Å²) in [6.07, 6.45) is 4.52. The first-order valence-corrected chi connectivity index (χ1v) is 8.73. The Morgan fingerprint density at radius 1 is 1.22 bits per heavy atom. The zero-order valence-electron chi connectivity index (χ0n) is 12.5. The van der Waals surface area contributed by atoms with Crippen LogP contribution >= 0.6 is 22.9 Å². The first-order chi connectivity index (χ1) is 11.1. The third-order valence-corrected chi connectivity index (χ3v) is 5.47. The average molecular weight is 349 g/mol. The van der Waals surface area contributed by atoms with Gasteiger partial charge in [0.2, 0.25) is 5.88 Å². The number of aromatic nitrogens is 2. The minimum Gasteiger partial charge on any atom is -0.438 e. The largest absolute Gasteiger partial charge is 0.438 e. The van der Waals surface area contributed by atoms with Gasteiger partial charge in [0.15, 0.2) is 0 Å². The van der Waals surface area contributed by atoms with Crippen molar-refractivity contribution in [2.75, 3.05) is 0 Å². The number of benzene rings is 1. The number of nitrogens with zero attached hydrogens (tertiary/aromatic N) is 2. The predicted molar refractivity (Wildman–Crippen MR) is 90.3 cm³/mol. The zero-order valence-corrected chi connectivity index (χ0v) is 14.1. The molecule has 23 heavy (non-hydrogen) atoms. The summed E-state index contributed by atoms with van der Waals surface area (Å²) in [5.74, 6) is 1.22. The minimum absolute atomic E-state index is 0.0388. The molecule has 0 unspecified atom stereocenters. The van der Waals surface area contributed by atoms with E-state index in [0.717, 1.165) is 23.1 Å². The molecular weight excluding hydrogens is 335 g/mol. The molecule has 0 radical (unpaired) electrons. The highest BCUT2D eigenvalue weighted by Gasteiger charge is 2.21. The van der Waals surface area contributed by atoms with Crippen molar-refractivity contribution in [1.82, 2.24) is 9.97 Å².